The van der Waals surface area contributed by atoms with Crippen molar-refractivity contribution in [2.75, 3.05) is 11.4 Å². The van der Waals surface area contributed by atoms with Crippen LogP contribution in [0.1, 0.15) is 50.2 Å². The fourth-order valence-electron chi connectivity index (χ4n) is 4.89. The van der Waals surface area contributed by atoms with E-state index in [4.69, 9.17) is 0 Å². The molecule has 132 valence electrons. The summed E-state index contributed by atoms with van der Waals surface area (Å²) in [6.07, 6.45) is 8.45. The zero-order valence-electron chi connectivity index (χ0n) is 15.1. The van der Waals surface area contributed by atoms with E-state index in [1.165, 1.54) is 18.4 Å². The number of hydrogen-bond acceptors (Lipinski definition) is 3. The second-order valence-corrected chi connectivity index (χ2v) is 7.57. The minimum Gasteiger partial charge on any atom is -0.385 e. The average molecular weight is 336 g/mol. The van der Waals surface area contributed by atoms with E-state index in [2.05, 4.69) is 41.1 Å². The van der Waals surface area contributed by atoms with Gasteiger partial charge in [0, 0.05) is 24.7 Å². The Balaban J connectivity index is 1.68. The normalized spacial score (nSPS) is 29.3. The predicted octanol–water partition coefficient (Wildman–Crippen LogP) is 4.30. The van der Waals surface area contributed by atoms with Gasteiger partial charge in [-0.1, -0.05) is 50.1 Å². The van der Waals surface area contributed by atoms with Crippen molar-refractivity contribution in [3.63, 3.8) is 0 Å². The van der Waals surface area contributed by atoms with Gasteiger partial charge in [0.05, 0.1) is 5.60 Å². The third-order valence-electron chi connectivity index (χ3n) is 6.26. The Kier molecular flexibility index (Phi) is 4.51. The number of aryl methyl sites for hydroxylation is 1. The molecule has 1 aliphatic carbocycles. The van der Waals surface area contributed by atoms with Gasteiger partial charge in [-0.2, -0.15) is 0 Å². The molecule has 1 aromatic heterocycles. The standard InChI is InChI=1S/C22H28N2O/c1-2-17-12-14-23-21(16-17)24-15-13-22(25,18-8-4-3-5-9-18)19-10-6-7-11-20(19)24/h3-5,8-9,12,14,16,19-20,25H,2,6-7,10-11,13,15H2,1H3/t19-,20?,22-/m1/s1. The first kappa shape index (κ1) is 16.6. The molecule has 1 aliphatic heterocycles. The van der Waals surface area contributed by atoms with Crippen LogP contribution in [0.5, 0.6) is 0 Å². The van der Waals surface area contributed by atoms with E-state index >= 15 is 0 Å². The number of aliphatic hydroxyl groups is 1. The van der Waals surface area contributed by atoms with Gasteiger partial charge in [0.25, 0.3) is 0 Å². The molecular formula is C22H28N2O. The first-order valence-electron chi connectivity index (χ1n) is 9.72. The summed E-state index contributed by atoms with van der Waals surface area (Å²) in [6.45, 7) is 3.06. The fourth-order valence-corrected chi connectivity index (χ4v) is 4.89. The summed E-state index contributed by atoms with van der Waals surface area (Å²) in [5.74, 6) is 1.37. The summed E-state index contributed by atoms with van der Waals surface area (Å²) in [7, 11) is 0. The fraction of sp³-hybridized carbons (Fsp3) is 0.500. The van der Waals surface area contributed by atoms with Crippen LogP contribution in [0.2, 0.25) is 0 Å². The molecule has 0 bridgehead atoms. The minimum atomic E-state index is -0.703. The van der Waals surface area contributed by atoms with Crippen LogP contribution in [0.3, 0.4) is 0 Å². The number of anilines is 1. The number of aromatic nitrogens is 1. The van der Waals surface area contributed by atoms with Gasteiger partial charge in [-0.15, -0.1) is 0 Å². The molecule has 3 heteroatoms. The molecule has 2 aliphatic rings. The van der Waals surface area contributed by atoms with Crippen LogP contribution < -0.4 is 4.90 Å². The van der Waals surface area contributed by atoms with E-state index in [1.807, 2.05) is 24.4 Å². The van der Waals surface area contributed by atoms with E-state index in [0.717, 1.165) is 43.6 Å². The van der Waals surface area contributed by atoms with Crippen molar-refractivity contribution in [3.05, 3.63) is 59.8 Å². The molecule has 0 amide bonds. The maximum atomic E-state index is 11.7. The third-order valence-corrected chi connectivity index (χ3v) is 6.26. The zero-order chi connectivity index (χ0) is 17.3. The van der Waals surface area contributed by atoms with Crippen LogP contribution in [0.15, 0.2) is 48.7 Å². The average Bonchev–Trinajstić information content (AvgIpc) is 2.69. The SMILES string of the molecule is CCc1ccnc(N2CC[C@@](O)(c3ccccc3)[C@@H]3CCCCC32)c1. The summed E-state index contributed by atoms with van der Waals surface area (Å²) in [5, 5.41) is 11.7. The second-order valence-electron chi connectivity index (χ2n) is 7.57. The van der Waals surface area contributed by atoms with E-state index in [0.29, 0.717) is 6.04 Å². The summed E-state index contributed by atoms with van der Waals surface area (Å²) in [5.41, 5.74) is 1.72. The Labute approximate surface area is 150 Å². The molecule has 1 aromatic carbocycles. The predicted molar refractivity (Wildman–Crippen MR) is 102 cm³/mol. The van der Waals surface area contributed by atoms with Gasteiger partial charge in [-0.25, -0.2) is 4.98 Å². The van der Waals surface area contributed by atoms with Crippen molar-refractivity contribution in [1.29, 1.82) is 0 Å². The molecule has 0 radical (unpaired) electrons. The van der Waals surface area contributed by atoms with Crippen LogP contribution in [0.4, 0.5) is 5.82 Å². The van der Waals surface area contributed by atoms with E-state index in [9.17, 15) is 5.11 Å². The molecule has 1 N–H and O–H groups in total. The van der Waals surface area contributed by atoms with Crippen LogP contribution in [-0.2, 0) is 12.0 Å². The molecule has 3 nitrogen and oxygen atoms in total. The highest BCUT2D eigenvalue weighted by Crippen LogP contribution is 2.47. The van der Waals surface area contributed by atoms with Crippen molar-refractivity contribution in [2.45, 2.75) is 57.1 Å². The van der Waals surface area contributed by atoms with Crippen molar-refractivity contribution >= 4 is 5.82 Å². The number of rotatable bonds is 3. The van der Waals surface area contributed by atoms with Gasteiger partial charge in [0.15, 0.2) is 0 Å². The monoisotopic (exact) mass is 336 g/mol. The first-order chi connectivity index (χ1) is 12.2. The van der Waals surface area contributed by atoms with Gasteiger partial charge in [-0.05, 0) is 48.9 Å². The quantitative estimate of drug-likeness (QED) is 0.908. The van der Waals surface area contributed by atoms with Gasteiger partial charge in [-0.3, -0.25) is 0 Å². The van der Waals surface area contributed by atoms with Gasteiger partial charge < -0.3 is 10.0 Å². The highest BCUT2D eigenvalue weighted by atomic mass is 16.3. The topological polar surface area (TPSA) is 36.4 Å². The highest BCUT2D eigenvalue weighted by molar-refractivity contribution is 5.44. The van der Waals surface area contributed by atoms with Crippen molar-refractivity contribution in [2.24, 2.45) is 5.92 Å². The molecule has 1 saturated carbocycles. The van der Waals surface area contributed by atoms with Gasteiger partial charge in [0.1, 0.15) is 5.82 Å². The van der Waals surface area contributed by atoms with E-state index in [1.54, 1.807) is 0 Å². The Morgan fingerprint density at radius 2 is 1.96 bits per heavy atom. The molecular weight excluding hydrogens is 308 g/mol. The Morgan fingerprint density at radius 3 is 2.76 bits per heavy atom. The number of pyridine rings is 1. The molecule has 2 fully saturated rings. The van der Waals surface area contributed by atoms with E-state index in [-0.39, 0.29) is 5.92 Å². The summed E-state index contributed by atoms with van der Waals surface area (Å²) < 4.78 is 0. The molecule has 25 heavy (non-hydrogen) atoms. The molecule has 1 unspecified atom stereocenters. The van der Waals surface area contributed by atoms with Crippen molar-refractivity contribution in [3.8, 4) is 0 Å². The maximum Gasteiger partial charge on any atom is 0.128 e. The smallest absolute Gasteiger partial charge is 0.128 e. The number of piperidine rings is 1. The van der Waals surface area contributed by atoms with Crippen LogP contribution >= 0.6 is 0 Å². The van der Waals surface area contributed by atoms with Gasteiger partial charge >= 0.3 is 0 Å². The first-order valence-corrected chi connectivity index (χ1v) is 9.72. The summed E-state index contributed by atoms with van der Waals surface area (Å²) in [4.78, 5) is 7.14. The Bertz CT molecular complexity index is 717. The Morgan fingerprint density at radius 1 is 1.16 bits per heavy atom. The number of nitrogens with zero attached hydrogens (tertiary/aromatic N) is 2. The molecule has 3 atom stereocenters. The molecule has 0 spiro atoms. The van der Waals surface area contributed by atoms with Crippen molar-refractivity contribution < 1.29 is 5.11 Å². The lowest BCUT2D eigenvalue weighted by atomic mass is 9.66. The zero-order valence-corrected chi connectivity index (χ0v) is 15.1. The molecule has 1 saturated heterocycles. The van der Waals surface area contributed by atoms with E-state index < -0.39 is 5.60 Å². The molecule has 4 rings (SSSR count). The third kappa shape index (κ3) is 2.95. The number of benzene rings is 1. The van der Waals surface area contributed by atoms with Gasteiger partial charge in [0.2, 0.25) is 0 Å². The summed E-state index contributed by atoms with van der Waals surface area (Å²) in [6, 6.07) is 15.0. The summed E-state index contributed by atoms with van der Waals surface area (Å²) >= 11 is 0. The maximum absolute atomic E-state index is 11.7. The number of fused-ring (bicyclic) bond motifs is 1. The lowest BCUT2D eigenvalue weighted by Crippen LogP contribution is -2.57. The van der Waals surface area contributed by atoms with Crippen LogP contribution in [-0.4, -0.2) is 22.7 Å². The molecule has 2 heterocycles. The lowest BCUT2D eigenvalue weighted by molar-refractivity contribution is -0.0690. The number of hydrogen-bond donors (Lipinski definition) is 1. The van der Waals surface area contributed by atoms with Crippen LogP contribution in [0, 0.1) is 5.92 Å². The Hall–Kier alpha value is -1.87. The van der Waals surface area contributed by atoms with Crippen LogP contribution in [0.25, 0.3) is 0 Å². The minimum absolute atomic E-state index is 0.282. The second kappa shape index (κ2) is 6.80. The van der Waals surface area contributed by atoms with Crippen molar-refractivity contribution in [1.82, 2.24) is 4.98 Å². The highest BCUT2D eigenvalue weighted by Gasteiger charge is 2.49. The molecule has 2 aromatic rings. The largest absolute Gasteiger partial charge is 0.385 e. The lowest BCUT2D eigenvalue weighted by Gasteiger charge is -2.53.